The van der Waals surface area contributed by atoms with Gasteiger partial charge in [-0.3, -0.25) is 9.59 Å². The van der Waals surface area contributed by atoms with Crippen LogP contribution in [0.2, 0.25) is 0 Å². The lowest BCUT2D eigenvalue weighted by atomic mass is 10.1. The first-order valence-corrected chi connectivity index (χ1v) is 7.18. The number of nitrogens with zero attached hydrogens (tertiary/aromatic N) is 2. The first-order valence-electron chi connectivity index (χ1n) is 6.36. The zero-order chi connectivity index (χ0) is 13.7. The summed E-state index contributed by atoms with van der Waals surface area (Å²) in [7, 11) is 0. The highest BCUT2D eigenvalue weighted by molar-refractivity contribution is 7.17. The third-order valence-corrected chi connectivity index (χ3v) is 3.62. The minimum absolute atomic E-state index is 0.131. The number of hydrogen-bond acceptors (Lipinski definition) is 6. The van der Waals surface area contributed by atoms with E-state index in [9.17, 15) is 9.59 Å². The minimum atomic E-state index is -0.461. The highest BCUT2D eigenvalue weighted by Crippen LogP contribution is 2.15. The third kappa shape index (κ3) is 3.63. The van der Waals surface area contributed by atoms with Crippen molar-refractivity contribution in [3.8, 4) is 0 Å². The second-order valence-corrected chi connectivity index (χ2v) is 5.28. The van der Waals surface area contributed by atoms with Gasteiger partial charge in [0.05, 0.1) is 0 Å². The molecular formula is C11H17N5O2S. The largest absolute Gasteiger partial charge is 0.360 e. The fourth-order valence-electron chi connectivity index (χ4n) is 1.75. The molecule has 19 heavy (non-hydrogen) atoms. The van der Waals surface area contributed by atoms with Gasteiger partial charge in [-0.05, 0) is 19.3 Å². The van der Waals surface area contributed by atoms with Gasteiger partial charge in [0.25, 0.3) is 5.91 Å². The van der Waals surface area contributed by atoms with Gasteiger partial charge in [0.2, 0.25) is 16.0 Å². The van der Waals surface area contributed by atoms with Crippen LogP contribution in [0.3, 0.4) is 0 Å². The Bertz CT molecular complexity index is 462. The van der Waals surface area contributed by atoms with E-state index in [-0.39, 0.29) is 16.8 Å². The highest BCUT2D eigenvalue weighted by Gasteiger charge is 2.25. The lowest BCUT2D eigenvalue weighted by Gasteiger charge is -2.22. The molecule has 1 fully saturated rings. The molecule has 2 amide bonds. The Balaban J connectivity index is 1.91. The first kappa shape index (κ1) is 13.7. The van der Waals surface area contributed by atoms with Crippen molar-refractivity contribution in [2.75, 3.05) is 18.4 Å². The Hall–Kier alpha value is -1.70. The van der Waals surface area contributed by atoms with Crippen molar-refractivity contribution in [1.29, 1.82) is 0 Å². The number of hydrogen-bond donors (Lipinski definition) is 3. The molecule has 2 heterocycles. The number of piperidine rings is 1. The van der Waals surface area contributed by atoms with Crippen LogP contribution in [-0.2, 0) is 4.79 Å². The van der Waals surface area contributed by atoms with Crippen LogP contribution in [0.1, 0.15) is 36.0 Å². The Kier molecular flexibility index (Phi) is 4.67. The molecule has 2 rings (SSSR count). The van der Waals surface area contributed by atoms with E-state index in [2.05, 4.69) is 26.1 Å². The van der Waals surface area contributed by atoms with Crippen molar-refractivity contribution in [2.45, 2.75) is 32.2 Å². The predicted molar refractivity (Wildman–Crippen MR) is 72.2 cm³/mol. The van der Waals surface area contributed by atoms with E-state index >= 15 is 0 Å². The molecule has 1 saturated heterocycles. The van der Waals surface area contributed by atoms with Crippen LogP contribution in [0, 0.1) is 0 Å². The van der Waals surface area contributed by atoms with Gasteiger partial charge in [0.1, 0.15) is 6.04 Å². The topological polar surface area (TPSA) is 96.0 Å². The second kappa shape index (κ2) is 6.46. The molecule has 1 aliphatic rings. The molecule has 0 saturated carbocycles. The second-order valence-electron chi connectivity index (χ2n) is 4.30. The Morgan fingerprint density at radius 2 is 2.37 bits per heavy atom. The van der Waals surface area contributed by atoms with E-state index in [0.29, 0.717) is 18.1 Å². The molecule has 1 aromatic heterocycles. The van der Waals surface area contributed by atoms with Crippen LogP contribution in [0.5, 0.6) is 0 Å². The number of carbonyl (C=O) groups is 2. The Morgan fingerprint density at radius 1 is 1.53 bits per heavy atom. The number of nitrogens with one attached hydrogen (secondary N) is 3. The molecule has 0 aromatic carbocycles. The molecule has 1 aromatic rings. The molecule has 1 aliphatic heterocycles. The van der Waals surface area contributed by atoms with Gasteiger partial charge in [-0.2, -0.15) is 0 Å². The Morgan fingerprint density at radius 3 is 3.11 bits per heavy atom. The fourth-order valence-corrected chi connectivity index (χ4v) is 2.42. The van der Waals surface area contributed by atoms with E-state index in [4.69, 9.17) is 0 Å². The monoisotopic (exact) mass is 283 g/mol. The zero-order valence-electron chi connectivity index (χ0n) is 10.7. The maximum Gasteiger partial charge on any atom is 0.282 e. The van der Waals surface area contributed by atoms with Crippen molar-refractivity contribution < 1.29 is 9.59 Å². The average molecular weight is 283 g/mol. The summed E-state index contributed by atoms with van der Waals surface area (Å²) in [6.45, 7) is 3.51. The number of rotatable bonds is 5. The highest BCUT2D eigenvalue weighted by atomic mass is 32.1. The van der Waals surface area contributed by atoms with Gasteiger partial charge >= 0.3 is 0 Å². The molecule has 1 atom stereocenters. The van der Waals surface area contributed by atoms with Crippen LogP contribution in [0.15, 0.2) is 0 Å². The van der Waals surface area contributed by atoms with Gasteiger partial charge in [-0.25, -0.2) is 0 Å². The summed E-state index contributed by atoms with van der Waals surface area (Å²) in [5, 5.41) is 17.1. The van der Waals surface area contributed by atoms with Crippen molar-refractivity contribution in [3.63, 3.8) is 0 Å². The van der Waals surface area contributed by atoms with Crippen LogP contribution < -0.4 is 16.0 Å². The van der Waals surface area contributed by atoms with Crippen LogP contribution in [0.4, 0.5) is 5.13 Å². The molecule has 8 heteroatoms. The summed E-state index contributed by atoms with van der Waals surface area (Å²) in [6, 6.07) is -0.461. The maximum atomic E-state index is 11.9. The normalized spacial score (nSPS) is 18.8. The smallest absolute Gasteiger partial charge is 0.282 e. The standard InChI is InChI=1S/C11H17N5O2S/c1-2-5-13-11-16-15-10(19-11)9(18)14-7-4-3-6-12-8(7)17/h7H,2-6H2,1H3,(H,12,17)(H,13,16)(H,14,18). The van der Waals surface area contributed by atoms with Gasteiger partial charge in [0, 0.05) is 13.1 Å². The fraction of sp³-hybridized carbons (Fsp3) is 0.636. The summed E-state index contributed by atoms with van der Waals surface area (Å²) in [6.07, 6.45) is 2.51. The van der Waals surface area contributed by atoms with Crippen LogP contribution >= 0.6 is 11.3 Å². The van der Waals surface area contributed by atoms with Crippen molar-refractivity contribution >= 4 is 28.3 Å². The lowest BCUT2D eigenvalue weighted by molar-refractivity contribution is -0.124. The molecule has 0 spiro atoms. The molecule has 7 nitrogen and oxygen atoms in total. The summed E-state index contributed by atoms with van der Waals surface area (Å²) >= 11 is 1.19. The molecule has 0 aliphatic carbocycles. The number of carbonyl (C=O) groups excluding carboxylic acids is 2. The van der Waals surface area contributed by atoms with Crippen LogP contribution in [-0.4, -0.2) is 41.1 Å². The lowest BCUT2D eigenvalue weighted by Crippen LogP contribution is -2.50. The molecule has 1 unspecified atom stereocenters. The van der Waals surface area contributed by atoms with Gasteiger partial charge in [0.15, 0.2) is 0 Å². The summed E-state index contributed by atoms with van der Waals surface area (Å²) in [5.74, 6) is -0.474. The number of aromatic nitrogens is 2. The molecule has 0 radical (unpaired) electrons. The van der Waals surface area contributed by atoms with E-state index in [1.54, 1.807) is 0 Å². The number of amides is 2. The van der Waals surface area contributed by atoms with Crippen molar-refractivity contribution in [1.82, 2.24) is 20.8 Å². The van der Waals surface area contributed by atoms with Gasteiger partial charge in [-0.1, -0.05) is 18.3 Å². The summed E-state index contributed by atoms with van der Waals surface area (Å²) in [4.78, 5) is 23.5. The number of anilines is 1. The van der Waals surface area contributed by atoms with Gasteiger partial charge in [-0.15, -0.1) is 10.2 Å². The van der Waals surface area contributed by atoms with Crippen molar-refractivity contribution in [2.24, 2.45) is 0 Å². The van der Waals surface area contributed by atoms with E-state index in [0.717, 1.165) is 19.4 Å². The van der Waals surface area contributed by atoms with Gasteiger partial charge < -0.3 is 16.0 Å². The van der Waals surface area contributed by atoms with E-state index < -0.39 is 6.04 Å². The summed E-state index contributed by atoms with van der Waals surface area (Å²) < 4.78 is 0. The zero-order valence-corrected chi connectivity index (χ0v) is 11.5. The molecule has 3 N–H and O–H groups in total. The van der Waals surface area contributed by atoms with Crippen LogP contribution in [0.25, 0.3) is 0 Å². The minimum Gasteiger partial charge on any atom is -0.360 e. The SMILES string of the molecule is CCCNc1nnc(C(=O)NC2CCCNC2=O)s1. The quantitative estimate of drug-likeness (QED) is 0.725. The Labute approximate surface area is 115 Å². The van der Waals surface area contributed by atoms with E-state index in [1.165, 1.54) is 11.3 Å². The average Bonchev–Trinajstić information content (AvgIpc) is 2.88. The summed E-state index contributed by atoms with van der Waals surface area (Å²) in [5.41, 5.74) is 0. The maximum absolute atomic E-state index is 11.9. The van der Waals surface area contributed by atoms with E-state index in [1.807, 2.05) is 6.92 Å². The van der Waals surface area contributed by atoms with Crippen molar-refractivity contribution in [3.05, 3.63) is 5.01 Å². The third-order valence-electron chi connectivity index (χ3n) is 2.74. The first-order chi connectivity index (χ1) is 9.20. The molecule has 0 bridgehead atoms. The predicted octanol–water partition coefficient (Wildman–Crippen LogP) is 0.368. The molecular weight excluding hydrogens is 266 g/mol. The molecule has 104 valence electrons.